The lowest BCUT2D eigenvalue weighted by molar-refractivity contribution is 0.758. The van der Waals surface area contributed by atoms with Gasteiger partial charge in [-0.2, -0.15) is 5.10 Å². The van der Waals surface area contributed by atoms with Crippen LogP contribution in [0, 0.1) is 5.41 Å². The number of nitrogens with one attached hydrogen (secondary N) is 1. The van der Waals surface area contributed by atoms with Gasteiger partial charge >= 0.3 is 0 Å². The Morgan fingerprint density at radius 2 is 2.40 bits per heavy atom. The molecule has 56 valence electrons. The second-order valence-electron chi connectivity index (χ2n) is 1.75. The molecule has 3 N–H and O–H groups in total. The highest BCUT2D eigenvalue weighted by Crippen LogP contribution is 1.91. The van der Waals surface area contributed by atoms with Gasteiger partial charge in [-0.15, -0.1) is 12.4 Å². The summed E-state index contributed by atoms with van der Waals surface area (Å²) >= 11 is 0. The van der Waals surface area contributed by atoms with Crippen molar-refractivity contribution in [1.82, 2.24) is 9.78 Å². The van der Waals surface area contributed by atoms with E-state index in [-0.39, 0.29) is 18.2 Å². The molecule has 0 fully saturated rings. The summed E-state index contributed by atoms with van der Waals surface area (Å²) in [5, 5.41) is 10.8. The number of nitrogens with two attached hydrogens (primary N) is 1. The quantitative estimate of drug-likeness (QED) is 0.453. The molecular weight excluding hydrogens is 152 g/mol. The number of hydrogen-bond acceptors (Lipinski definition) is 2. The number of amidine groups is 1. The minimum Gasteiger partial charge on any atom is -0.382 e. The maximum absolute atomic E-state index is 7.01. The average Bonchev–Trinajstić information content (AvgIpc) is 2.13. The van der Waals surface area contributed by atoms with Gasteiger partial charge in [-0.25, -0.2) is 0 Å². The van der Waals surface area contributed by atoms with Crippen LogP contribution in [0.5, 0.6) is 0 Å². The summed E-state index contributed by atoms with van der Waals surface area (Å²) in [7, 11) is 1.75. The standard InChI is InChI=1S/C5H8N4.ClH/c1-9-4(5(6)7)2-3-8-9;/h2-3H,1H3,(H3,6,7);1H. The van der Waals surface area contributed by atoms with Gasteiger partial charge in [-0.3, -0.25) is 10.1 Å². The van der Waals surface area contributed by atoms with Crippen molar-refractivity contribution in [2.75, 3.05) is 0 Å². The first-order valence-electron chi connectivity index (χ1n) is 2.54. The first-order chi connectivity index (χ1) is 4.22. The number of hydrogen-bond donors (Lipinski definition) is 2. The van der Waals surface area contributed by atoms with E-state index in [2.05, 4.69) is 5.10 Å². The molecule has 0 aliphatic carbocycles. The van der Waals surface area contributed by atoms with Gasteiger partial charge in [-0.05, 0) is 6.07 Å². The fourth-order valence-electron chi connectivity index (χ4n) is 0.638. The molecule has 0 aliphatic rings. The molecule has 0 aliphatic heterocycles. The lowest BCUT2D eigenvalue weighted by Gasteiger charge is -1.95. The Labute approximate surface area is 64.9 Å². The zero-order valence-electron chi connectivity index (χ0n) is 5.53. The first-order valence-corrected chi connectivity index (χ1v) is 2.54. The second kappa shape index (κ2) is 3.22. The highest BCUT2D eigenvalue weighted by Gasteiger charge is 1.98. The summed E-state index contributed by atoms with van der Waals surface area (Å²) in [4.78, 5) is 0. The molecule has 1 heterocycles. The predicted molar refractivity (Wildman–Crippen MR) is 41.5 cm³/mol. The molecule has 0 unspecified atom stereocenters. The molecule has 1 aromatic rings. The fraction of sp³-hybridized carbons (Fsp3) is 0.200. The molecule has 0 spiro atoms. The minimum atomic E-state index is 0. The summed E-state index contributed by atoms with van der Waals surface area (Å²) in [6.07, 6.45) is 1.61. The van der Waals surface area contributed by atoms with E-state index >= 15 is 0 Å². The van der Waals surface area contributed by atoms with Crippen LogP contribution in [0.2, 0.25) is 0 Å². The van der Waals surface area contributed by atoms with Crippen LogP contribution < -0.4 is 5.73 Å². The highest BCUT2D eigenvalue weighted by atomic mass is 35.5. The zero-order valence-corrected chi connectivity index (χ0v) is 6.35. The topological polar surface area (TPSA) is 67.7 Å². The number of aromatic nitrogens is 2. The zero-order chi connectivity index (χ0) is 6.85. The van der Waals surface area contributed by atoms with Crippen molar-refractivity contribution >= 4 is 18.2 Å². The molecule has 5 heteroatoms. The molecule has 0 saturated carbocycles. The molecule has 0 aromatic carbocycles. The van der Waals surface area contributed by atoms with Crippen molar-refractivity contribution < 1.29 is 0 Å². The van der Waals surface area contributed by atoms with Gasteiger partial charge in [0, 0.05) is 13.2 Å². The van der Waals surface area contributed by atoms with Crippen molar-refractivity contribution in [2.45, 2.75) is 0 Å². The molecule has 4 nitrogen and oxygen atoms in total. The SMILES string of the molecule is Cl.Cn1nccc1C(=N)N. The Bertz CT molecular complexity index is 229. The molecule has 0 saturated heterocycles. The van der Waals surface area contributed by atoms with Crippen molar-refractivity contribution in [3.05, 3.63) is 18.0 Å². The molecule has 10 heavy (non-hydrogen) atoms. The Kier molecular flexibility index (Phi) is 2.89. The second-order valence-corrected chi connectivity index (χ2v) is 1.75. The molecule has 0 amide bonds. The van der Waals surface area contributed by atoms with Crippen LogP contribution in [0.15, 0.2) is 12.3 Å². The van der Waals surface area contributed by atoms with E-state index in [9.17, 15) is 0 Å². The van der Waals surface area contributed by atoms with Crippen LogP contribution in [-0.4, -0.2) is 15.6 Å². The van der Waals surface area contributed by atoms with E-state index < -0.39 is 0 Å². The van der Waals surface area contributed by atoms with E-state index in [0.717, 1.165) is 0 Å². The van der Waals surface area contributed by atoms with E-state index in [1.54, 1.807) is 24.0 Å². The molecule has 0 radical (unpaired) electrons. The number of nitrogens with zero attached hydrogens (tertiary/aromatic N) is 2. The van der Waals surface area contributed by atoms with Gasteiger partial charge in [-0.1, -0.05) is 0 Å². The summed E-state index contributed by atoms with van der Waals surface area (Å²) in [5.74, 6) is 0.0509. The lowest BCUT2D eigenvalue weighted by atomic mass is 10.4. The van der Waals surface area contributed by atoms with Crippen molar-refractivity contribution in [1.29, 1.82) is 5.41 Å². The van der Waals surface area contributed by atoms with Crippen molar-refractivity contribution in [3.63, 3.8) is 0 Å². The Morgan fingerprint density at radius 3 is 2.60 bits per heavy atom. The minimum absolute atomic E-state index is 0. The molecule has 1 rings (SSSR count). The summed E-state index contributed by atoms with van der Waals surface area (Å²) in [5.41, 5.74) is 5.83. The number of nitrogen functional groups attached to an aromatic ring is 1. The number of rotatable bonds is 1. The summed E-state index contributed by atoms with van der Waals surface area (Å²) in [6, 6.07) is 1.70. The lowest BCUT2D eigenvalue weighted by Crippen LogP contribution is -2.15. The third-order valence-electron chi connectivity index (χ3n) is 1.10. The monoisotopic (exact) mass is 160 g/mol. The fourth-order valence-corrected chi connectivity index (χ4v) is 0.638. The van der Waals surface area contributed by atoms with Crippen LogP contribution in [-0.2, 0) is 7.05 Å². The maximum atomic E-state index is 7.01. The van der Waals surface area contributed by atoms with Crippen LogP contribution in [0.4, 0.5) is 0 Å². The Hall–Kier alpha value is -1.03. The third-order valence-corrected chi connectivity index (χ3v) is 1.10. The van der Waals surface area contributed by atoms with Crippen LogP contribution >= 0.6 is 12.4 Å². The number of aryl methyl sites for hydroxylation is 1. The van der Waals surface area contributed by atoms with Crippen LogP contribution in [0.1, 0.15) is 5.69 Å². The van der Waals surface area contributed by atoms with Gasteiger partial charge < -0.3 is 5.73 Å². The molecular formula is C5H9ClN4. The Balaban J connectivity index is 0.000000810. The van der Waals surface area contributed by atoms with Gasteiger partial charge in [0.15, 0.2) is 0 Å². The van der Waals surface area contributed by atoms with Gasteiger partial charge in [0.25, 0.3) is 0 Å². The summed E-state index contributed by atoms with van der Waals surface area (Å²) in [6.45, 7) is 0. The van der Waals surface area contributed by atoms with Crippen LogP contribution in [0.25, 0.3) is 0 Å². The molecule has 0 atom stereocenters. The highest BCUT2D eigenvalue weighted by molar-refractivity contribution is 5.93. The third kappa shape index (κ3) is 1.48. The average molecular weight is 161 g/mol. The van der Waals surface area contributed by atoms with E-state index in [0.29, 0.717) is 5.69 Å². The van der Waals surface area contributed by atoms with Crippen LogP contribution in [0.3, 0.4) is 0 Å². The van der Waals surface area contributed by atoms with Crippen molar-refractivity contribution in [3.8, 4) is 0 Å². The smallest absolute Gasteiger partial charge is 0.141 e. The number of halogens is 1. The van der Waals surface area contributed by atoms with Crippen molar-refractivity contribution in [2.24, 2.45) is 12.8 Å². The van der Waals surface area contributed by atoms with Gasteiger partial charge in [0.05, 0.1) is 0 Å². The maximum Gasteiger partial charge on any atom is 0.141 e. The van der Waals surface area contributed by atoms with Gasteiger partial charge in [0.2, 0.25) is 0 Å². The summed E-state index contributed by atoms with van der Waals surface area (Å²) < 4.78 is 1.56. The molecule has 1 aromatic heterocycles. The predicted octanol–water partition coefficient (Wildman–Crippen LogP) is 0.126. The first kappa shape index (κ1) is 8.97. The molecule has 0 bridgehead atoms. The van der Waals surface area contributed by atoms with Gasteiger partial charge in [0.1, 0.15) is 11.5 Å². The van der Waals surface area contributed by atoms with E-state index in [1.165, 1.54) is 0 Å². The largest absolute Gasteiger partial charge is 0.382 e. The Morgan fingerprint density at radius 1 is 1.80 bits per heavy atom. The van der Waals surface area contributed by atoms with E-state index in [4.69, 9.17) is 11.1 Å². The van der Waals surface area contributed by atoms with E-state index in [1.807, 2.05) is 0 Å². The normalized spacial score (nSPS) is 8.50.